The molecule has 3 atom stereocenters. The molecule has 2 saturated heterocycles. The van der Waals surface area contributed by atoms with Gasteiger partial charge in [0.2, 0.25) is 5.91 Å². The predicted octanol–water partition coefficient (Wildman–Crippen LogP) is 3.18. The second-order valence-electron chi connectivity index (χ2n) is 8.92. The first-order valence-electron chi connectivity index (χ1n) is 11.3. The molecule has 4 rings (SSSR count). The number of ether oxygens (including phenoxy) is 1. The number of benzene rings is 1. The molecule has 2 aliphatic heterocycles. The summed E-state index contributed by atoms with van der Waals surface area (Å²) in [6.45, 7) is 3.42. The third-order valence-electron chi connectivity index (χ3n) is 6.89. The maximum Gasteiger partial charge on any atom is 0.255 e. The number of amides is 2. The number of rotatable bonds is 6. The van der Waals surface area contributed by atoms with Crippen LogP contribution in [0.1, 0.15) is 53.4 Å². The van der Waals surface area contributed by atoms with Crippen molar-refractivity contribution in [2.24, 2.45) is 5.92 Å². The average molecular weight is 441 g/mol. The normalized spacial score (nSPS) is 26.0. The van der Waals surface area contributed by atoms with Crippen molar-refractivity contribution < 1.29 is 23.8 Å². The van der Waals surface area contributed by atoms with Gasteiger partial charge in [-0.2, -0.15) is 0 Å². The van der Waals surface area contributed by atoms with Crippen LogP contribution >= 0.6 is 0 Å². The zero-order chi connectivity index (χ0) is 22.7. The minimum absolute atomic E-state index is 0.0555. The molecule has 3 heterocycles. The summed E-state index contributed by atoms with van der Waals surface area (Å²) in [6, 6.07) is 10.5. The average Bonchev–Trinajstić information content (AvgIpc) is 3.41. The maximum atomic E-state index is 14.0. The van der Waals surface area contributed by atoms with Gasteiger partial charge in [0.25, 0.3) is 5.91 Å². The van der Waals surface area contributed by atoms with E-state index in [1.807, 2.05) is 30.0 Å². The van der Waals surface area contributed by atoms with Gasteiger partial charge in [0.15, 0.2) is 0 Å². The van der Waals surface area contributed by atoms with E-state index in [9.17, 15) is 14.7 Å². The number of carbonyl (C=O) groups is 2. The summed E-state index contributed by atoms with van der Waals surface area (Å²) in [6.07, 6.45) is 4.26. The molecule has 1 spiro atoms. The highest BCUT2D eigenvalue weighted by Crippen LogP contribution is 2.51. The van der Waals surface area contributed by atoms with Crippen molar-refractivity contribution in [1.29, 1.82) is 0 Å². The van der Waals surface area contributed by atoms with Crippen LogP contribution in [-0.4, -0.2) is 65.7 Å². The fourth-order valence-corrected chi connectivity index (χ4v) is 5.31. The first kappa shape index (κ1) is 22.6. The highest BCUT2D eigenvalue weighted by Gasteiger charge is 2.60. The van der Waals surface area contributed by atoms with E-state index in [-0.39, 0.29) is 24.3 Å². The molecule has 7 heteroatoms. The van der Waals surface area contributed by atoms with E-state index in [1.54, 1.807) is 36.5 Å². The largest absolute Gasteiger partial charge is 0.467 e. The molecule has 2 aromatic rings. The Morgan fingerprint density at radius 1 is 1.25 bits per heavy atom. The van der Waals surface area contributed by atoms with Gasteiger partial charge in [0.1, 0.15) is 11.3 Å². The fraction of sp³-hybridized carbons (Fsp3) is 0.520. The smallest absolute Gasteiger partial charge is 0.255 e. The molecule has 1 aromatic heterocycles. The summed E-state index contributed by atoms with van der Waals surface area (Å²) in [5.41, 5.74) is 0.576. The Bertz CT molecular complexity index is 926. The quantitative estimate of drug-likeness (QED) is 0.746. The molecule has 32 heavy (non-hydrogen) atoms. The van der Waals surface area contributed by atoms with E-state index in [0.29, 0.717) is 43.9 Å². The van der Waals surface area contributed by atoms with Gasteiger partial charge in [-0.3, -0.25) is 9.59 Å². The van der Waals surface area contributed by atoms with Crippen LogP contribution in [0.25, 0.3) is 0 Å². The molecule has 0 aliphatic carbocycles. The molecule has 0 unspecified atom stereocenters. The molecule has 0 radical (unpaired) electrons. The van der Waals surface area contributed by atoms with Crippen LogP contribution in [0, 0.1) is 12.8 Å². The highest BCUT2D eigenvalue weighted by molar-refractivity contribution is 6.00. The highest BCUT2D eigenvalue weighted by atomic mass is 16.5. The number of hydrogen-bond donors (Lipinski definition) is 1. The molecule has 2 fully saturated rings. The summed E-state index contributed by atoms with van der Waals surface area (Å²) in [5.74, 6) is 0.0491. The van der Waals surface area contributed by atoms with Gasteiger partial charge in [-0.05, 0) is 56.9 Å². The van der Waals surface area contributed by atoms with E-state index in [0.717, 1.165) is 18.4 Å². The molecular formula is C25H32N2O5. The third kappa shape index (κ3) is 3.95. The number of methoxy groups -OCH3 is 1. The monoisotopic (exact) mass is 440 g/mol. The maximum absolute atomic E-state index is 14.0. The van der Waals surface area contributed by atoms with Crippen molar-refractivity contribution in [3.05, 3.63) is 59.5 Å². The van der Waals surface area contributed by atoms with Crippen LogP contribution in [0.2, 0.25) is 0 Å². The molecular weight excluding hydrogens is 408 g/mol. The lowest BCUT2D eigenvalue weighted by molar-refractivity contribution is -0.142. The van der Waals surface area contributed by atoms with Gasteiger partial charge < -0.3 is 24.1 Å². The molecule has 2 amide bonds. The number of hydrogen-bond acceptors (Lipinski definition) is 5. The zero-order valence-electron chi connectivity index (χ0n) is 18.8. The second-order valence-corrected chi connectivity index (χ2v) is 8.92. The molecule has 7 nitrogen and oxygen atoms in total. The molecule has 2 aliphatic rings. The van der Waals surface area contributed by atoms with Crippen molar-refractivity contribution in [1.82, 2.24) is 9.80 Å². The zero-order valence-corrected chi connectivity index (χ0v) is 18.8. The second kappa shape index (κ2) is 9.46. The summed E-state index contributed by atoms with van der Waals surface area (Å²) < 4.78 is 11.0. The van der Waals surface area contributed by atoms with Crippen LogP contribution in [0.15, 0.2) is 47.1 Å². The van der Waals surface area contributed by atoms with E-state index >= 15 is 0 Å². The van der Waals surface area contributed by atoms with Gasteiger partial charge in [-0.25, -0.2) is 0 Å². The summed E-state index contributed by atoms with van der Waals surface area (Å²) in [5, 5.41) is 10.3. The number of aliphatic hydroxyl groups excluding tert-OH is 1. The third-order valence-corrected chi connectivity index (χ3v) is 6.89. The van der Waals surface area contributed by atoms with E-state index in [4.69, 9.17) is 9.15 Å². The van der Waals surface area contributed by atoms with E-state index in [1.165, 1.54) is 0 Å². The van der Waals surface area contributed by atoms with Crippen molar-refractivity contribution in [2.75, 3.05) is 33.4 Å². The number of aryl methyl sites for hydroxylation is 1. The fourth-order valence-electron chi connectivity index (χ4n) is 5.31. The van der Waals surface area contributed by atoms with Crippen LogP contribution in [0.3, 0.4) is 0 Å². The summed E-state index contributed by atoms with van der Waals surface area (Å²) >= 11 is 0. The lowest BCUT2D eigenvalue weighted by atomic mass is 9.86. The Morgan fingerprint density at radius 2 is 2.03 bits per heavy atom. The van der Waals surface area contributed by atoms with Gasteiger partial charge in [-0.1, -0.05) is 17.7 Å². The Kier molecular flexibility index (Phi) is 6.67. The summed E-state index contributed by atoms with van der Waals surface area (Å²) in [7, 11) is 1.62. The Balaban J connectivity index is 1.82. The predicted molar refractivity (Wildman–Crippen MR) is 119 cm³/mol. The first-order valence-corrected chi connectivity index (χ1v) is 11.3. The first-order chi connectivity index (χ1) is 15.5. The molecule has 0 saturated carbocycles. The number of carbonyl (C=O) groups excluding carboxylic acids is 2. The van der Waals surface area contributed by atoms with Crippen molar-refractivity contribution >= 4 is 11.8 Å². The Labute approximate surface area is 188 Å². The van der Waals surface area contributed by atoms with Gasteiger partial charge in [0.05, 0.1) is 18.9 Å². The lowest BCUT2D eigenvalue weighted by Crippen LogP contribution is -2.58. The standard InChI is InChI=1S/C25H32N2O5/c1-18-7-9-19(10-8-18)23(29)27-22(21-6-5-14-32-21)20(17-28)16-25(27)11-3-4-12-26(24(25)30)13-15-31-2/h5-10,14,20,22,28H,3-4,11-13,15-17H2,1-2H3/t20-,22-,25+/m1/s1. The molecule has 0 bridgehead atoms. The van der Waals surface area contributed by atoms with Gasteiger partial charge >= 0.3 is 0 Å². The Morgan fingerprint density at radius 3 is 2.69 bits per heavy atom. The molecule has 1 N–H and O–H groups in total. The minimum Gasteiger partial charge on any atom is -0.467 e. The number of aliphatic hydroxyl groups is 1. The topological polar surface area (TPSA) is 83.2 Å². The van der Waals surface area contributed by atoms with Crippen LogP contribution in [0.4, 0.5) is 0 Å². The van der Waals surface area contributed by atoms with Gasteiger partial charge in [-0.15, -0.1) is 0 Å². The van der Waals surface area contributed by atoms with Crippen LogP contribution in [0.5, 0.6) is 0 Å². The number of likely N-dealkylation sites (tertiary alicyclic amines) is 2. The number of furan rings is 1. The van der Waals surface area contributed by atoms with Crippen LogP contribution < -0.4 is 0 Å². The Hall–Kier alpha value is -2.64. The lowest BCUT2D eigenvalue weighted by Gasteiger charge is -2.41. The van der Waals surface area contributed by atoms with E-state index in [2.05, 4.69) is 0 Å². The van der Waals surface area contributed by atoms with Gasteiger partial charge in [0, 0.05) is 38.3 Å². The minimum atomic E-state index is -1.02. The number of nitrogens with zero attached hydrogens (tertiary/aromatic N) is 2. The molecule has 172 valence electrons. The van der Waals surface area contributed by atoms with Crippen molar-refractivity contribution in [3.8, 4) is 0 Å². The van der Waals surface area contributed by atoms with Crippen molar-refractivity contribution in [3.63, 3.8) is 0 Å². The van der Waals surface area contributed by atoms with Crippen LogP contribution in [-0.2, 0) is 9.53 Å². The van der Waals surface area contributed by atoms with E-state index < -0.39 is 11.6 Å². The summed E-state index contributed by atoms with van der Waals surface area (Å²) in [4.78, 5) is 31.6. The molecule has 1 aromatic carbocycles. The SMILES string of the molecule is COCCN1CCCC[C@]2(C[C@H](CO)[C@H](c3ccco3)N2C(=O)c2ccc(C)cc2)C1=O. The van der Waals surface area contributed by atoms with Crippen molar-refractivity contribution in [2.45, 2.75) is 44.2 Å².